The number of nitrogens with one attached hydrogen (secondary N) is 1. The van der Waals surface area contributed by atoms with Crippen molar-refractivity contribution in [3.05, 3.63) is 0 Å². The fourth-order valence-corrected chi connectivity index (χ4v) is 1.33. The van der Waals surface area contributed by atoms with Gasteiger partial charge in [-0.05, 0) is 6.42 Å². The van der Waals surface area contributed by atoms with Gasteiger partial charge in [0.1, 0.15) is 6.61 Å². The van der Waals surface area contributed by atoms with Gasteiger partial charge >= 0.3 is 0 Å². The van der Waals surface area contributed by atoms with E-state index in [1.165, 1.54) is 0 Å². The molecule has 0 aliphatic carbocycles. The Morgan fingerprint density at radius 3 is 2.40 bits per heavy atom. The Morgan fingerprint density at radius 2 is 1.70 bits per heavy atom. The quantitative estimate of drug-likeness (QED) is 0.443. The average Bonchev–Trinajstić information content (AvgIpc) is 2.41. The summed E-state index contributed by atoms with van der Waals surface area (Å²) >= 11 is 0. The molecule has 2 N–H and O–H groups in total. The summed E-state index contributed by atoms with van der Waals surface area (Å²) in [5.74, 6) is 0. The lowest BCUT2D eigenvalue weighted by Gasteiger charge is -2.12. The molecule has 5 nitrogen and oxygen atoms in total. The molecule has 0 rings (SSSR count). The van der Waals surface area contributed by atoms with Crippen LogP contribution in [-0.4, -0.2) is 70.4 Å². The van der Waals surface area contributed by atoms with E-state index in [1.54, 1.807) is 0 Å². The first-order valence-corrected chi connectivity index (χ1v) is 7.07. The number of hydrogen-bond acceptors (Lipinski definition) is 5. The number of hydrogen-bond donors (Lipinski definition) is 2. The maximum Gasteiger partial charge on any atom is 0.261 e. The molecule has 0 spiro atoms. The van der Waals surface area contributed by atoms with Gasteiger partial charge in [0, 0.05) is 19.7 Å². The van der Waals surface area contributed by atoms with Crippen LogP contribution < -0.4 is 5.32 Å². The monoisotopic (exact) mass is 299 g/mol. The molecule has 0 bridgehead atoms. The Hall–Kier alpha value is -0.340. The van der Waals surface area contributed by atoms with Crippen molar-refractivity contribution in [1.29, 1.82) is 0 Å². The van der Waals surface area contributed by atoms with Crippen molar-refractivity contribution in [3.63, 3.8) is 0 Å². The van der Waals surface area contributed by atoms with Crippen LogP contribution in [0, 0.1) is 0 Å². The van der Waals surface area contributed by atoms with Gasteiger partial charge in [-0.25, -0.2) is 8.78 Å². The predicted octanol–water partition coefficient (Wildman–Crippen LogP) is 1.05. The molecule has 122 valence electrons. The number of rotatable bonds is 15. The third-order valence-corrected chi connectivity index (χ3v) is 2.37. The highest BCUT2D eigenvalue weighted by molar-refractivity contribution is 4.58. The number of halogens is 2. The zero-order valence-corrected chi connectivity index (χ0v) is 12.2. The lowest BCUT2D eigenvalue weighted by Crippen LogP contribution is -2.33. The average molecular weight is 299 g/mol. The SMILES string of the molecule is CCCCOCCOCC(O)CNCCOCC(F)F. The molecule has 0 saturated carbocycles. The number of alkyl halides is 2. The standard InChI is InChI=1S/C13H27F2NO4/c1-2-3-5-18-7-8-20-10-12(17)9-16-4-6-19-11-13(14)15/h12-13,16-17H,2-11H2,1H3. The Labute approximate surface area is 119 Å². The van der Waals surface area contributed by atoms with Crippen LogP contribution >= 0.6 is 0 Å². The summed E-state index contributed by atoms with van der Waals surface area (Å²) in [6.07, 6.45) is -0.916. The molecule has 0 aliphatic heterocycles. The lowest BCUT2D eigenvalue weighted by atomic mass is 10.4. The Morgan fingerprint density at radius 1 is 1.00 bits per heavy atom. The van der Waals surface area contributed by atoms with Crippen molar-refractivity contribution >= 4 is 0 Å². The van der Waals surface area contributed by atoms with Crippen LogP contribution in [0.15, 0.2) is 0 Å². The van der Waals surface area contributed by atoms with Gasteiger partial charge in [-0.2, -0.15) is 0 Å². The number of aliphatic hydroxyl groups is 1. The summed E-state index contributed by atoms with van der Waals surface area (Å²) in [4.78, 5) is 0. The highest BCUT2D eigenvalue weighted by Crippen LogP contribution is 1.91. The second kappa shape index (κ2) is 15.1. The van der Waals surface area contributed by atoms with Crippen molar-refractivity contribution in [3.8, 4) is 0 Å². The predicted molar refractivity (Wildman–Crippen MR) is 72.2 cm³/mol. The van der Waals surface area contributed by atoms with E-state index in [2.05, 4.69) is 17.0 Å². The van der Waals surface area contributed by atoms with Crippen LogP contribution in [0.4, 0.5) is 8.78 Å². The topological polar surface area (TPSA) is 60.0 Å². The summed E-state index contributed by atoms with van der Waals surface area (Å²) < 4.78 is 38.7. The summed E-state index contributed by atoms with van der Waals surface area (Å²) in [5, 5.41) is 12.4. The zero-order valence-electron chi connectivity index (χ0n) is 12.2. The molecule has 0 aromatic carbocycles. The van der Waals surface area contributed by atoms with E-state index < -0.39 is 19.1 Å². The van der Waals surface area contributed by atoms with Gasteiger partial charge in [0.25, 0.3) is 6.43 Å². The van der Waals surface area contributed by atoms with Crippen LogP contribution in [0.5, 0.6) is 0 Å². The molecule has 0 amide bonds. The third-order valence-electron chi connectivity index (χ3n) is 2.37. The van der Waals surface area contributed by atoms with Crippen LogP contribution in [0.25, 0.3) is 0 Å². The fraction of sp³-hybridized carbons (Fsp3) is 1.00. The third kappa shape index (κ3) is 15.7. The molecular weight excluding hydrogens is 272 g/mol. The number of unbranched alkanes of at least 4 members (excludes halogenated alkanes) is 1. The normalized spacial score (nSPS) is 13.1. The molecule has 0 saturated heterocycles. The number of ether oxygens (including phenoxy) is 3. The van der Waals surface area contributed by atoms with Gasteiger partial charge in [-0.1, -0.05) is 13.3 Å². The van der Waals surface area contributed by atoms with Crippen LogP contribution in [0.1, 0.15) is 19.8 Å². The van der Waals surface area contributed by atoms with Crippen molar-refractivity contribution in [2.45, 2.75) is 32.3 Å². The molecular formula is C13H27F2NO4. The first-order chi connectivity index (χ1) is 9.66. The highest BCUT2D eigenvalue weighted by Gasteiger charge is 2.04. The first kappa shape index (κ1) is 19.7. The van der Waals surface area contributed by atoms with E-state index in [4.69, 9.17) is 9.47 Å². The van der Waals surface area contributed by atoms with Gasteiger partial charge in [-0.3, -0.25) is 0 Å². The molecule has 20 heavy (non-hydrogen) atoms. The summed E-state index contributed by atoms with van der Waals surface area (Å²) in [6.45, 7) is 4.46. The van der Waals surface area contributed by atoms with E-state index in [9.17, 15) is 13.9 Å². The van der Waals surface area contributed by atoms with Gasteiger partial charge in [-0.15, -0.1) is 0 Å². The van der Waals surface area contributed by atoms with Gasteiger partial charge < -0.3 is 24.6 Å². The molecule has 0 fully saturated rings. The minimum Gasteiger partial charge on any atom is -0.389 e. The van der Waals surface area contributed by atoms with E-state index in [1.807, 2.05) is 0 Å². The van der Waals surface area contributed by atoms with E-state index >= 15 is 0 Å². The van der Waals surface area contributed by atoms with Crippen LogP contribution in [0.2, 0.25) is 0 Å². The Bertz CT molecular complexity index is 199. The Balaban J connectivity index is 3.14. The maximum atomic E-state index is 11.7. The molecule has 0 aliphatic rings. The molecule has 0 aromatic rings. The molecule has 0 aromatic heterocycles. The molecule has 7 heteroatoms. The second-order valence-electron chi connectivity index (χ2n) is 4.36. The minimum atomic E-state index is -2.44. The van der Waals surface area contributed by atoms with Crippen molar-refractivity contribution in [2.24, 2.45) is 0 Å². The highest BCUT2D eigenvalue weighted by atomic mass is 19.3. The van der Waals surface area contributed by atoms with Crippen molar-refractivity contribution in [1.82, 2.24) is 5.32 Å². The minimum absolute atomic E-state index is 0.198. The van der Waals surface area contributed by atoms with Gasteiger partial charge in [0.2, 0.25) is 0 Å². The summed E-state index contributed by atoms with van der Waals surface area (Å²) in [6, 6.07) is 0. The van der Waals surface area contributed by atoms with E-state index in [0.29, 0.717) is 26.3 Å². The van der Waals surface area contributed by atoms with Crippen molar-refractivity contribution < 1.29 is 28.1 Å². The second-order valence-corrected chi connectivity index (χ2v) is 4.36. The maximum absolute atomic E-state index is 11.7. The van der Waals surface area contributed by atoms with E-state index in [0.717, 1.165) is 19.4 Å². The first-order valence-electron chi connectivity index (χ1n) is 7.07. The van der Waals surface area contributed by atoms with Crippen LogP contribution in [-0.2, 0) is 14.2 Å². The van der Waals surface area contributed by atoms with Crippen molar-refractivity contribution in [2.75, 3.05) is 52.7 Å². The molecule has 1 atom stereocenters. The molecule has 0 heterocycles. The van der Waals surface area contributed by atoms with Gasteiger partial charge in [0.05, 0.1) is 32.5 Å². The fourth-order valence-electron chi connectivity index (χ4n) is 1.33. The zero-order chi connectivity index (χ0) is 15.1. The number of aliphatic hydroxyl groups excluding tert-OH is 1. The lowest BCUT2D eigenvalue weighted by molar-refractivity contribution is 0.00126. The smallest absolute Gasteiger partial charge is 0.261 e. The summed E-state index contributed by atoms with van der Waals surface area (Å²) in [5.41, 5.74) is 0. The summed E-state index contributed by atoms with van der Waals surface area (Å²) in [7, 11) is 0. The Kier molecular flexibility index (Phi) is 14.8. The van der Waals surface area contributed by atoms with Crippen LogP contribution in [0.3, 0.4) is 0 Å². The van der Waals surface area contributed by atoms with Gasteiger partial charge in [0.15, 0.2) is 0 Å². The molecule has 1 unspecified atom stereocenters. The van der Waals surface area contributed by atoms with E-state index in [-0.39, 0.29) is 13.2 Å². The largest absolute Gasteiger partial charge is 0.389 e. The molecule has 0 radical (unpaired) electrons.